The Hall–Kier alpha value is -1.66. The Labute approximate surface area is 141 Å². The summed E-state index contributed by atoms with van der Waals surface area (Å²) < 4.78 is 1.87. The number of likely N-dealkylation sites (tertiary alicyclic amines) is 1. The second kappa shape index (κ2) is 7.27. The van der Waals surface area contributed by atoms with Gasteiger partial charge >= 0.3 is 0 Å². The van der Waals surface area contributed by atoms with Crippen LogP contribution in [-0.2, 0) is 18.4 Å². The molecule has 0 atom stereocenters. The van der Waals surface area contributed by atoms with Gasteiger partial charge in [0, 0.05) is 26.8 Å². The highest BCUT2D eigenvalue weighted by Gasteiger charge is 2.23. The van der Waals surface area contributed by atoms with Crippen LogP contribution < -0.4 is 0 Å². The zero-order valence-corrected chi connectivity index (χ0v) is 14.6. The summed E-state index contributed by atoms with van der Waals surface area (Å²) in [4.78, 5) is 16.5. The van der Waals surface area contributed by atoms with Crippen LogP contribution in [0.2, 0.25) is 0 Å². The quantitative estimate of drug-likeness (QED) is 0.844. The van der Waals surface area contributed by atoms with E-state index in [2.05, 4.69) is 33.0 Å². The molecule has 0 N–H and O–H groups in total. The maximum Gasteiger partial charge on any atom is 0.236 e. The third-order valence-electron chi connectivity index (χ3n) is 4.57. The first kappa shape index (κ1) is 16.2. The molecule has 1 aliphatic heterocycles. The van der Waals surface area contributed by atoms with E-state index in [0.29, 0.717) is 19.0 Å². The molecule has 3 rings (SSSR count). The summed E-state index contributed by atoms with van der Waals surface area (Å²) in [5.41, 5.74) is 2.54. The topological polar surface area (TPSA) is 41.4 Å². The Balaban J connectivity index is 1.45. The van der Waals surface area contributed by atoms with E-state index in [4.69, 9.17) is 0 Å². The number of aryl methyl sites for hydroxylation is 1. The van der Waals surface area contributed by atoms with Gasteiger partial charge in [0.05, 0.1) is 12.7 Å². The van der Waals surface area contributed by atoms with Crippen LogP contribution in [0.5, 0.6) is 0 Å². The summed E-state index contributed by atoms with van der Waals surface area (Å²) in [5, 5.41) is 8.41. The molecular weight excluding hydrogens is 308 g/mol. The number of aromatic nitrogens is 2. The van der Waals surface area contributed by atoms with Crippen molar-refractivity contribution in [3.63, 3.8) is 0 Å². The van der Waals surface area contributed by atoms with Crippen molar-refractivity contribution in [2.24, 2.45) is 7.05 Å². The van der Waals surface area contributed by atoms with E-state index in [9.17, 15) is 4.79 Å². The summed E-state index contributed by atoms with van der Waals surface area (Å²) in [5.74, 6) is 0.787. The third-order valence-corrected chi connectivity index (χ3v) is 5.30. The fourth-order valence-corrected chi connectivity index (χ4v) is 3.79. The SMILES string of the molecule is CN(Cc1ccsc1)C(=O)CN1CCC(c2cnn(C)c2)CC1. The molecule has 2 aromatic rings. The van der Waals surface area contributed by atoms with Crippen LogP contribution in [-0.4, -0.2) is 52.2 Å². The number of carbonyl (C=O) groups is 1. The zero-order chi connectivity index (χ0) is 16.2. The molecule has 1 amide bonds. The Morgan fingerprint density at radius 2 is 2.22 bits per heavy atom. The first-order valence-electron chi connectivity index (χ1n) is 8.08. The first-order valence-corrected chi connectivity index (χ1v) is 9.02. The minimum Gasteiger partial charge on any atom is -0.340 e. The van der Waals surface area contributed by atoms with Gasteiger partial charge < -0.3 is 4.90 Å². The normalized spacial score (nSPS) is 16.6. The van der Waals surface area contributed by atoms with Gasteiger partial charge in [-0.3, -0.25) is 14.4 Å². The molecule has 1 saturated heterocycles. The van der Waals surface area contributed by atoms with Gasteiger partial charge in [-0.15, -0.1) is 0 Å². The van der Waals surface area contributed by atoms with Gasteiger partial charge in [0.15, 0.2) is 0 Å². The predicted octanol–water partition coefficient (Wildman–Crippen LogP) is 2.32. The number of carbonyl (C=O) groups excluding carboxylic acids is 1. The van der Waals surface area contributed by atoms with Crippen molar-refractivity contribution < 1.29 is 4.79 Å². The van der Waals surface area contributed by atoms with E-state index >= 15 is 0 Å². The molecule has 23 heavy (non-hydrogen) atoms. The van der Waals surface area contributed by atoms with E-state index < -0.39 is 0 Å². The van der Waals surface area contributed by atoms with Gasteiger partial charge in [0.1, 0.15) is 0 Å². The Morgan fingerprint density at radius 3 is 2.83 bits per heavy atom. The van der Waals surface area contributed by atoms with Crippen molar-refractivity contribution in [1.29, 1.82) is 0 Å². The van der Waals surface area contributed by atoms with E-state index in [-0.39, 0.29) is 5.91 Å². The van der Waals surface area contributed by atoms with Crippen molar-refractivity contribution in [1.82, 2.24) is 19.6 Å². The molecule has 5 nitrogen and oxygen atoms in total. The van der Waals surface area contributed by atoms with Crippen molar-refractivity contribution in [2.75, 3.05) is 26.7 Å². The first-order chi connectivity index (χ1) is 11.1. The molecule has 0 unspecified atom stereocenters. The smallest absolute Gasteiger partial charge is 0.236 e. The lowest BCUT2D eigenvalue weighted by Crippen LogP contribution is -2.41. The summed E-state index contributed by atoms with van der Waals surface area (Å²) in [6.45, 7) is 3.20. The Bertz CT molecular complexity index is 629. The maximum absolute atomic E-state index is 12.4. The molecule has 1 aliphatic rings. The van der Waals surface area contributed by atoms with Crippen LogP contribution in [0.3, 0.4) is 0 Å². The lowest BCUT2D eigenvalue weighted by Gasteiger charge is -2.32. The Kier molecular flexibility index (Phi) is 5.13. The molecule has 3 heterocycles. The van der Waals surface area contributed by atoms with Crippen molar-refractivity contribution in [2.45, 2.75) is 25.3 Å². The number of likely N-dealkylation sites (N-methyl/N-ethyl adjacent to an activating group) is 1. The molecule has 6 heteroatoms. The summed E-state index contributed by atoms with van der Waals surface area (Å²) in [6.07, 6.45) is 6.29. The third kappa shape index (κ3) is 4.20. The van der Waals surface area contributed by atoms with Crippen molar-refractivity contribution in [3.05, 3.63) is 40.3 Å². The highest BCUT2D eigenvalue weighted by atomic mass is 32.1. The van der Waals surface area contributed by atoms with Crippen LogP contribution in [0, 0.1) is 0 Å². The lowest BCUT2D eigenvalue weighted by molar-refractivity contribution is -0.131. The van der Waals surface area contributed by atoms with Crippen molar-refractivity contribution in [3.8, 4) is 0 Å². The van der Waals surface area contributed by atoms with Gasteiger partial charge in [0.2, 0.25) is 5.91 Å². The lowest BCUT2D eigenvalue weighted by atomic mass is 9.91. The molecule has 0 spiro atoms. The van der Waals surface area contributed by atoms with E-state index in [1.54, 1.807) is 11.3 Å². The van der Waals surface area contributed by atoms with Crippen molar-refractivity contribution >= 4 is 17.2 Å². The van der Waals surface area contributed by atoms with E-state index in [1.807, 2.05) is 29.9 Å². The molecule has 0 aromatic carbocycles. The molecule has 0 saturated carbocycles. The number of rotatable bonds is 5. The summed E-state index contributed by atoms with van der Waals surface area (Å²) in [7, 11) is 3.85. The average Bonchev–Trinajstić information content (AvgIpc) is 3.19. The molecule has 0 bridgehead atoms. The molecule has 0 radical (unpaired) electrons. The fraction of sp³-hybridized carbons (Fsp3) is 0.529. The van der Waals surface area contributed by atoms with Gasteiger partial charge in [0.25, 0.3) is 0 Å². The highest BCUT2D eigenvalue weighted by Crippen LogP contribution is 2.27. The number of hydrogen-bond donors (Lipinski definition) is 0. The largest absolute Gasteiger partial charge is 0.340 e. The summed E-state index contributed by atoms with van der Waals surface area (Å²) in [6, 6.07) is 2.08. The fourth-order valence-electron chi connectivity index (χ4n) is 3.13. The summed E-state index contributed by atoms with van der Waals surface area (Å²) >= 11 is 1.67. The predicted molar refractivity (Wildman–Crippen MR) is 92.4 cm³/mol. The number of amides is 1. The second-order valence-corrected chi connectivity index (χ2v) is 7.16. The van der Waals surface area contributed by atoms with Gasteiger partial charge in [-0.25, -0.2) is 0 Å². The monoisotopic (exact) mass is 332 g/mol. The minimum atomic E-state index is 0.205. The number of nitrogens with zero attached hydrogens (tertiary/aromatic N) is 4. The molecule has 2 aromatic heterocycles. The minimum absolute atomic E-state index is 0.205. The molecule has 0 aliphatic carbocycles. The number of thiophene rings is 1. The van der Waals surface area contributed by atoms with E-state index in [0.717, 1.165) is 25.9 Å². The van der Waals surface area contributed by atoms with Gasteiger partial charge in [-0.2, -0.15) is 16.4 Å². The van der Waals surface area contributed by atoms with Gasteiger partial charge in [-0.05, 0) is 59.8 Å². The number of hydrogen-bond acceptors (Lipinski definition) is 4. The highest BCUT2D eigenvalue weighted by molar-refractivity contribution is 7.07. The standard InChI is InChI=1S/C17H24N4OS/c1-19(10-14-5-8-23-13-14)17(22)12-21-6-3-15(4-7-21)16-9-18-20(2)11-16/h5,8-9,11,13,15H,3-4,6-7,10,12H2,1-2H3. The molecule has 124 valence electrons. The van der Waals surface area contributed by atoms with E-state index in [1.165, 1.54) is 11.1 Å². The average molecular weight is 332 g/mol. The Morgan fingerprint density at radius 1 is 1.43 bits per heavy atom. The number of piperidine rings is 1. The van der Waals surface area contributed by atoms with Crippen LogP contribution in [0.25, 0.3) is 0 Å². The maximum atomic E-state index is 12.4. The van der Waals surface area contributed by atoms with Crippen LogP contribution in [0.15, 0.2) is 29.2 Å². The molecule has 1 fully saturated rings. The van der Waals surface area contributed by atoms with Crippen LogP contribution >= 0.6 is 11.3 Å². The zero-order valence-electron chi connectivity index (χ0n) is 13.8. The van der Waals surface area contributed by atoms with Crippen LogP contribution in [0.4, 0.5) is 0 Å². The molecular formula is C17H24N4OS. The van der Waals surface area contributed by atoms with Gasteiger partial charge in [-0.1, -0.05) is 0 Å². The second-order valence-electron chi connectivity index (χ2n) is 6.38. The van der Waals surface area contributed by atoms with Crippen LogP contribution in [0.1, 0.15) is 29.9 Å².